The fourth-order valence-electron chi connectivity index (χ4n) is 10.6. The first-order valence-corrected chi connectivity index (χ1v) is 39.7. The maximum absolute atomic E-state index is 13.0. The minimum Gasteiger partial charge on any atom is -0.462 e. The summed E-state index contributed by atoms with van der Waals surface area (Å²) < 4.78 is 68.2. The molecule has 0 bridgehead atoms. The number of aliphatic hydroxyl groups is 1. The Morgan fingerprint density at radius 1 is 0.315 bits per heavy atom. The highest BCUT2D eigenvalue weighted by Gasteiger charge is 2.30. The van der Waals surface area contributed by atoms with Gasteiger partial charge in [0.25, 0.3) is 0 Å². The van der Waals surface area contributed by atoms with E-state index in [-0.39, 0.29) is 25.7 Å². The molecular weight excluding hydrogens is 1170 g/mol. The molecule has 0 aromatic rings. The molecule has 0 aliphatic carbocycles. The van der Waals surface area contributed by atoms with Gasteiger partial charge in [-0.15, -0.1) is 0 Å². The topological polar surface area (TPSA) is 237 Å². The smallest absolute Gasteiger partial charge is 0.462 e. The van der Waals surface area contributed by atoms with Crippen LogP contribution in [0.2, 0.25) is 0 Å². The average Bonchev–Trinajstić information content (AvgIpc) is 3.67. The van der Waals surface area contributed by atoms with Gasteiger partial charge in [-0.25, -0.2) is 9.13 Å². The summed E-state index contributed by atoms with van der Waals surface area (Å²) in [5.74, 6) is -1.28. The van der Waals surface area contributed by atoms with Gasteiger partial charge in [-0.3, -0.25) is 37.3 Å². The van der Waals surface area contributed by atoms with Gasteiger partial charge in [0.15, 0.2) is 12.2 Å². The van der Waals surface area contributed by atoms with E-state index >= 15 is 0 Å². The SMILES string of the molecule is CCCCCCCCCCCCCCCC(=O)OC[C@H](COP(=O)(O)OC[C@@H](O)COP(=O)(O)OC[C@@H](COC(=O)CCCCCCCCCCC)OC(=O)CCCCCCCCCCC)OC(=O)CCCCCCCCCCCCCCCCC(C)CC. The number of carbonyl (C=O) groups is 4. The van der Waals surface area contributed by atoms with Crippen molar-refractivity contribution in [3.8, 4) is 0 Å². The van der Waals surface area contributed by atoms with Crippen molar-refractivity contribution in [2.45, 2.75) is 380 Å². The van der Waals surface area contributed by atoms with Gasteiger partial charge >= 0.3 is 39.5 Å². The van der Waals surface area contributed by atoms with E-state index in [4.69, 9.17) is 37.0 Å². The normalized spacial score (nSPS) is 14.4. The summed E-state index contributed by atoms with van der Waals surface area (Å²) in [4.78, 5) is 72.4. The van der Waals surface area contributed by atoms with Crippen molar-refractivity contribution in [2.24, 2.45) is 5.92 Å². The van der Waals surface area contributed by atoms with Crippen LogP contribution in [0.25, 0.3) is 0 Å². The summed E-state index contributed by atoms with van der Waals surface area (Å²) in [6, 6.07) is 0. The molecule has 0 aromatic heterocycles. The van der Waals surface area contributed by atoms with E-state index in [0.29, 0.717) is 25.7 Å². The molecule has 3 N–H and O–H groups in total. The summed E-state index contributed by atoms with van der Waals surface area (Å²) in [6.07, 6.45) is 49.8. The molecule has 0 fully saturated rings. The molecule has 0 saturated heterocycles. The van der Waals surface area contributed by atoms with Gasteiger partial charge < -0.3 is 33.8 Å². The van der Waals surface area contributed by atoms with Crippen molar-refractivity contribution in [3.63, 3.8) is 0 Å². The predicted molar refractivity (Wildman–Crippen MR) is 358 cm³/mol. The van der Waals surface area contributed by atoms with E-state index in [9.17, 15) is 43.2 Å². The van der Waals surface area contributed by atoms with Gasteiger partial charge in [0.05, 0.1) is 26.4 Å². The lowest BCUT2D eigenvalue weighted by Crippen LogP contribution is -2.30. The lowest BCUT2D eigenvalue weighted by molar-refractivity contribution is -0.161. The number of phosphoric ester groups is 2. The number of rotatable bonds is 70. The summed E-state index contributed by atoms with van der Waals surface area (Å²) >= 11 is 0. The Morgan fingerprint density at radius 3 is 0.798 bits per heavy atom. The number of hydrogen-bond donors (Lipinski definition) is 3. The monoisotopic (exact) mass is 1310 g/mol. The Morgan fingerprint density at radius 2 is 0.539 bits per heavy atom. The zero-order chi connectivity index (χ0) is 65.6. The first-order chi connectivity index (χ1) is 43.1. The second kappa shape index (κ2) is 63.5. The van der Waals surface area contributed by atoms with Crippen LogP contribution in [-0.4, -0.2) is 96.7 Å². The standard InChI is InChI=1S/C70H136O17P2/c1-6-10-13-16-19-22-23-26-30-35-39-44-49-54-68(73)81-60-66(87-70(75)56-51-46-41-36-31-28-25-24-27-29-34-37-42-47-52-63(5)9-4)62-85-89(78,79)83-58-64(71)57-82-88(76,77)84-61-65(86-69(74)55-50-45-40-33-21-18-15-12-8-3)59-80-67(72)53-48-43-38-32-20-17-14-11-7-2/h63-66,71H,6-62H2,1-5H3,(H,76,77)(H,78,79)/t63?,64-,65+,66+/m0/s1. The fraction of sp³-hybridized carbons (Fsp3) is 0.943. The van der Waals surface area contributed by atoms with Crippen molar-refractivity contribution in [1.82, 2.24) is 0 Å². The van der Waals surface area contributed by atoms with Crippen LogP contribution in [0.4, 0.5) is 0 Å². The van der Waals surface area contributed by atoms with E-state index in [2.05, 4.69) is 34.6 Å². The van der Waals surface area contributed by atoms with E-state index in [1.165, 1.54) is 186 Å². The number of unbranched alkanes of at least 4 members (excludes halogenated alkanes) is 41. The average molecular weight is 1310 g/mol. The third-order valence-electron chi connectivity index (χ3n) is 16.6. The number of aliphatic hydroxyl groups excluding tert-OH is 1. The van der Waals surface area contributed by atoms with Crippen LogP contribution in [0.3, 0.4) is 0 Å². The zero-order valence-corrected chi connectivity index (χ0v) is 59.4. The van der Waals surface area contributed by atoms with Crippen LogP contribution in [0.5, 0.6) is 0 Å². The largest absolute Gasteiger partial charge is 0.472 e. The van der Waals surface area contributed by atoms with Crippen LogP contribution in [0.15, 0.2) is 0 Å². The second-order valence-electron chi connectivity index (χ2n) is 25.5. The molecule has 0 radical (unpaired) electrons. The summed E-state index contributed by atoms with van der Waals surface area (Å²) in [5, 5.41) is 10.6. The second-order valence-corrected chi connectivity index (χ2v) is 28.4. The van der Waals surface area contributed by atoms with Gasteiger partial charge in [0.2, 0.25) is 0 Å². The molecule has 17 nitrogen and oxygen atoms in total. The Balaban J connectivity index is 5.20. The van der Waals surface area contributed by atoms with E-state index in [1.54, 1.807) is 0 Å². The number of carbonyl (C=O) groups excluding carboxylic acids is 4. The third kappa shape index (κ3) is 63.2. The van der Waals surface area contributed by atoms with Crippen LogP contribution >= 0.6 is 15.6 Å². The summed E-state index contributed by atoms with van der Waals surface area (Å²) in [5.41, 5.74) is 0. The van der Waals surface area contributed by atoms with Gasteiger partial charge in [-0.05, 0) is 31.6 Å². The number of phosphoric acid groups is 2. The Bertz CT molecular complexity index is 1720. The molecule has 0 spiro atoms. The van der Waals surface area contributed by atoms with Crippen LogP contribution in [-0.2, 0) is 65.4 Å². The summed E-state index contributed by atoms with van der Waals surface area (Å²) in [6.45, 7) is 7.27. The molecule has 19 heteroatoms. The molecule has 0 rings (SSSR count). The Hall–Kier alpha value is -1.94. The molecule has 0 amide bonds. The van der Waals surface area contributed by atoms with Crippen molar-refractivity contribution in [2.75, 3.05) is 39.6 Å². The first kappa shape index (κ1) is 87.1. The molecule has 0 saturated carbocycles. The van der Waals surface area contributed by atoms with Crippen LogP contribution in [0, 0.1) is 5.92 Å². The number of hydrogen-bond acceptors (Lipinski definition) is 15. The maximum atomic E-state index is 13.0. The molecule has 0 heterocycles. The lowest BCUT2D eigenvalue weighted by atomic mass is 9.99. The van der Waals surface area contributed by atoms with Gasteiger partial charge in [-0.1, -0.05) is 311 Å². The minimum atomic E-state index is -4.95. The van der Waals surface area contributed by atoms with Crippen molar-refractivity contribution in [3.05, 3.63) is 0 Å². The third-order valence-corrected chi connectivity index (χ3v) is 18.5. The molecule has 0 aromatic carbocycles. The maximum Gasteiger partial charge on any atom is 0.472 e. The van der Waals surface area contributed by atoms with E-state index < -0.39 is 97.5 Å². The molecule has 0 aliphatic heterocycles. The lowest BCUT2D eigenvalue weighted by Gasteiger charge is -2.21. The highest BCUT2D eigenvalue weighted by Crippen LogP contribution is 2.45. The van der Waals surface area contributed by atoms with E-state index in [1.807, 2.05) is 0 Å². The van der Waals surface area contributed by atoms with Crippen molar-refractivity contribution in [1.29, 1.82) is 0 Å². The molecule has 3 unspecified atom stereocenters. The Labute approximate surface area is 543 Å². The number of ether oxygens (including phenoxy) is 4. The highest BCUT2D eigenvalue weighted by atomic mass is 31.2. The quantitative estimate of drug-likeness (QED) is 0.0222. The van der Waals surface area contributed by atoms with Crippen molar-refractivity contribution >= 4 is 39.5 Å². The fourth-order valence-corrected chi connectivity index (χ4v) is 12.2. The molecule has 6 atom stereocenters. The van der Waals surface area contributed by atoms with Gasteiger partial charge in [0.1, 0.15) is 19.3 Å². The highest BCUT2D eigenvalue weighted by molar-refractivity contribution is 7.47. The van der Waals surface area contributed by atoms with Crippen LogP contribution in [0.1, 0.15) is 362 Å². The predicted octanol–water partition coefficient (Wildman–Crippen LogP) is 20.1. The van der Waals surface area contributed by atoms with Gasteiger partial charge in [-0.2, -0.15) is 0 Å². The molecule has 0 aliphatic rings. The van der Waals surface area contributed by atoms with Crippen molar-refractivity contribution < 1.29 is 80.2 Å². The summed E-state index contributed by atoms with van der Waals surface area (Å²) in [7, 11) is -9.89. The Kier molecular flexibility index (Phi) is 62.1. The molecule has 89 heavy (non-hydrogen) atoms. The molecule has 528 valence electrons. The van der Waals surface area contributed by atoms with Gasteiger partial charge in [0, 0.05) is 25.7 Å². The van der Waals surface area contributed by atoms with Crippen LogP contribution < -0.4 is 0 Å². The molecular formula is C70H136O17P2. The van der Waals surface area contributed by atoms with E-state index in [0.717, 1.165) is 95.8 Å². The zero-order valence-electron chi connectivity index (χ0n) is 57.6. The first-order valence-electron chi connectivity index (χ1n) is 36.7. The minimum absolute atomic E-state index is 0.106. The number of esters is 4.